The zero-order chi connectivity index (χ0) is 31.8. The maximum absolute atomic E-state index is 14.4. The van der Waals surface area contributed by atoms with Crippen molar-refractivity contribution < 1.29 is 4.39 Å². The Bertz CT molecular complexity index is 1160. The van der Waals surface area contributed by atoms with Crippen LogP contribution in [0.1, 0.15) is 86.0 Å². The van der Waals surface area contributed by atoms with Crippen LogP contribution in [0.2, 0.25) is 0 Å². The molecule has 1 aliphatic carbocycles. The van der Waals surface area contributed by atoms with Crippen molar-refractivity contribution in [3.05, 3.63) is 86.1 Å². The van der Waals surface area contributed by atoms with E-state index < -0.39 is 5.67 Å². The van der Waals surface area contributed by atoms with Crippen LogP contribution < -0.4 is 9.62 Å². The number of nitrogens with zero attached hydrogens (tertiary/aromatic N) is 2. The zero-order valence-electron chi connectivity index (χ0n) is 27.6. The van der Waals surface area contributed by atoms with Crippen LogP contribution in [0, 0.1) is 11.8 Å². The molecule has 0 radical (unpaired) electrons. The molecule has 1 aliphatic rings. The molecule has 1 atom stereocenters. The zero-order valence-corrected chi connectivity index (χ0v) is 28.4. The molecule has 1 saturated carbocycles. The molecule has 43 heavy (non-hydrogen) atoms. The smallest absolute Gasteiger partial charge is 0.109 e. The normalized spacial score (nSPS) is 18.6. The second-order valence-electron chi connectivity index (χ2n) is 12.1. The predicted molar refractivity (Wildman–Crippen MR) is 193 cm³/mol. The van der Waals surface area contributed by atoms with Crippen LogP contribution in [0.4, 0.5) is 15.8 Å². The number of rotatable bonds is 18. The number of hydrogen-bond donors (Lipinski definition) is 1. The number of alkyl halides is 1. The van der Waals surface area contributed by atoms with Gasteiger partial charge in [0.1, 0.15) is 5.67 Å². The van der Waals surface area contributed by atoms with Gasteiger partial charge in [0.05, 0.1) is 6.54 Å². The number of unbranched alkanes of at least 4 members (excludes halogenated alkanes) is 1. The van der Waals surface area contributed by atoms with Gasteiger partial charge in [0.2, 0.25) is 0 Å². The standard InChI is InChI=1S/C36H52FN3S.C2H4/c1-8-13-29(5)38-26-28(4)27(3)14-10-11-21-40(30(6)33-24-36(7,37)25-33)35-16-12-15-32(23-35)31-17-19-34(20-18-31)39-41-22-9-2;1-2/h12,15-20,23,27,33,39H,4,6,8-11,13-14,21-22,24-26H2,1-3,5,7H3;1-2H2. The summed E-state index contributed by atoms with van der Waals surface area (Å²) >= 11 is 1.74. The van der Waals surface area contributed by atoms with Gasteiger partial charge < -0.3 is 9.62 Å². The van der Waals surface area contributed by atoms with Crippen molar-refractivity contribution in [2.75, 3.05) is 28.5 Å². The van der Waals surface area contributed by atoms with Crippen molar-refractivity contribution in [2.45, 2.75) is 91.7 Å². The Balaban J connectivity index is 0.00000316. The van der Waals surface area contributed by atoms with Crippen molar-refractivity contribution in [2.24, 2.45) is 16.8 Å². The van der Waals surface area contributed by atoms with E-state index >= 15 is 0 Å². The van der Waals surface area contributed by atoms with E-state index in [0.717, 1.165) is 74.4 Å². The topological polar surface area (TPSA) is 27.6 Å². The summed E-state index contributed by atoms with van der Waals surface area (Å²) in [5, 5.41) is 0. The number of aliphatic imine (C=N–C) groups is 1. The van der Waals surface area contributed by atoms with Crippen LogP contribution in [-0.4, -0.2) is 30.2 Å². The molecule has 0 aromatic heterocycles. The minimum absolute atomic E-state index is 0.197. The lowest BCUT2D eigenvalue weighted by Gasteiger charge is -2.43. The van der Waals surface area contributed by atoms with Gasteiger partial charge in [-0.2, -0.15) is 0 Å². The van der Waals surface area contributed by atoms with E-state index in [2.05, 4.69) is 112 Å². The molecule has 1 fully saturated rings. The maximum Gasteiger partial charge on any atom is 0.109 e. The third kappa shape index (κ3) is 12.0. The maximum atomic E-state index is 14.4. The Labute approximate surface area is 267 Å². The summed E-state index contributed by atoms with van der Waals surface area (Å²) in [5.41, 5.74) is 7.04. The molecule has 5 heteroatoms. The Morgan fingerprint density at radius 2 is 1.77 bits per heavy atom. The lowest BCUT2D eigenvalue weighted by molar-refractivity contribution is 0.0416. The summed E-state index contributed by atoms with van der Waals surface area (Å²) in [6.45, 7) is 26.9. The van der Waals surface area contributed by atoms with Gasteiger partial charge in [-0.15, -0.1) is 13.2 Å². The highest BCUT2D eigenvalue weighted by atomic mass is 32.2. The molecule has 2 aromatic carbocycles. The first-order valence-corrected chi connectivity index (χ1v) is 17.0. The first-order valence-electron chi connectivity index (χ1n) is 16.0. The molecule has 3 rings (SSSR count). The summed E-state index contributed by atoms with van der Waals surface area (Å²) in [5.74, 6) is 1.74. The van der Waals surface area contributed by atoms with Gasteiger partial charge in [-0.25, -0.2) is 4.39 Å². The molecule has 1 unspecified atom stereocenters. The second kappa shape index (κ2) is 18.8. The fourth-order valence-electron chi connectivity index (χ4n) is 5.44. The summed E-state index contributed by atoms with van der Waals surface area (Å²) < 4.78 is 17.9. The van der Waals surface area contributed by atoms with Gasteiger partial charge in [-0.05, 0) is 93.7 Å². The Hall–Kier alpha value is -2.79. The van der Waals surface area contributed by atoms with Gasteiger partial charge in [0.15, 0.2) is 0 Å². The molecule has 0 spiro atoms. The Kier molecular flexibility index (Phi) is 15.9. The summed E-state index contributed by atoms with van der Waals surface area (Å²) in [7, 11) is 0. The first-order chi connectivity index (χ1) is 20.6. The lowest BCUT2D eigenvalue weighted by atomic mass is 9.71. The highest BCUT2D eigenvalue weighted by Gasteiger charge is 2.43. The number of benzene rings is 2. The molecule has 3 nitrogen and oxygen atoms in total. The highest BCUT2D eigenvalue weighted by Crippen LogP contribution is 2.46. The van der Waals surface area contributed by atoms with Gasteiger partial charge in [-0.1, -0.05) is 88.6 Å². The number of anilines is 2. The predicted octanol–water partition coefficient (Wildman–Crippen LogP) is 11.7. The third-order valence-corrected chi connectivity index (χ3v) is 9.16. The number of nitrogens with one attached hydrogen (secondary N) is 1. The monoisotopic (exact) mass is 605 g/mol. The van der Waals surface area contributed by atoms with E-state index in [0.29, 0.717) is 18.8 Å². The number of allylic oxidation sites excluding steroid dienone is 1. The summed E-state index contributed by atoms with van der Waals surface area (Å²) in [6.07, 6.45) is 7.72. The largest absolute Gasteiger partial charge is 0.345 e. The number of halogens is 1. The Morgan fingerprint density at radius 3 is 2.40 bits per heavy atom. The summed E-state index contributed by atoms with van der Waals surface area (Å²) in [4.78, 5) is 7.06. The van der Waals surface area contributed by atoms with E-state index in [1.807, 2.05) is 0 Å². The van der Waals surface area contributed by atoms with Crippen LogP contribution in [-0.2, 0) is 0 Å². The summed E-state index contributed by atoms with van der Waals surface area (Å²) in [6, 6.07) is 17.4. The van der Waals surface area contributed by atoms with Crippen LogP contribution in [0.5, 0.6) is 0 Å². The first kappa shape index (κ1) is 36.4. The van der Waals surface area contributed by atoms with E-state index in [4.69, 9.17) is 4.99 Å². The van der Waals surface area contributed by atoms with Crippen LogP contribution in [0.15, 0.2) is 91.1 Å². The molecule has 0 amide bonds. The fraction of sp³-hybridized carbons (Fsp3) is 0.500. The lowest BCUT2D eigenvalue weighted by Crippen LogP contribution is -2.42. The minimum atomic E-state index is -1.07. The fourth-order valence-corrected chi connectivity index (χ4v) is 6.05. The number of hydrogen-bond acceptors (Lipinski definition) is 4. The molecule has 0 heterocycles. The van der Waals surface area contributed by atoms with Gasteiger partial charge >= 0.3 is 0 Å². The van der Waals surface area contributed by atoms with Crippen LogP contribution in [0.3, 0.4) is 0 Å². The third-order valence-electron chi connectivity index (χ3n) is 8.16. The molecular formula is C38H56FN3S. The second-order valence-corrected chi connectivity index (χ2v) is 13.0. The van der Waals surface area contributed by atoms with Crippen molar-refractivity contribution in [1.29, 1.82) is 0 Å². The van der Waals surface area contributed by atoms with Crippen molar-refractivity contribution >= 4 is 29.0 Å². The molecule has 236 valence electrons. The highest BCUT2D eigenvalue weighted by molar-refractivity contribution is 8.00. The van der Waals surface area contributed by atoms with Crippen molar-refractivity contribution in [1.82, 2.24) is 0 Å². The molecule has 0 bridgehead atoms. The van der Waals surface area contributed by atoms with Crippen LogP contribution >= 0.6 is 11.9 Å². The van der Waals surface area contributed by atoms with E-state index in [9.17, 15) is 4.39 Å². The van der Waals surface area contributed by atoms with E-state index in [-0.39, 0.29) is 5.92 Å². The van der Waals surface area contributed by atoms with E-state index in [1.165, 1.54) is 22.4 Å². The quantitative estimate of drug-likeness (QED) is 0.0793. The average Bonchev–Trinajstić information content (AvgIpc) is 3.00. The average molecular weight is 606 g/mol. The van der Waals surface area contributed by atoms with E-state index in [1.54, 1.807) is 18.9 Å². The van der Waals surface area contributed by atoms with Gasteiger partial charge in [-0.3, -0.25) is 4.99 Å². The Morgan fingerprint density at radius 1 is 1.07 bits per heavy atom. The van der Waals surface area contributed by atoms with Gasteiger partial charge in [0, 0.05) is 41.0 Å². The SMILES string of the molecule is C=C.C=C(CN=C(C)CCC)C(C)CCCCN(C(=C)C1CC(C)(F)C1)c1cccc(-c2ccc(NSCCC)cc2)c1. The van der Waals surface area contributed by atoms with Crippen LogP contribution in [0.25, 0.3) is 11.1 Å². The molecular weight excluding hydrogens is 550 g/mol. The molecule has 0 aliphatic heterocycles. The molecule has 1 N–H and O–H groups in total. The van der Waals surface area contributed by atoms with Crippen molar-refractivity contribution in [3.63, 3.8) is 0 Å². The van der Waals surface area contributed by atoms with Gasteiger partial charge in [0.25, 0.3) is 0 Å². The minimum Gasteiger partial charge on any atom is -0.345 e. The molecule has 2 aromatic rings. The molecule has 0 saturated heterocycles. The van der Waals surface area contributed by atoms with Crippen molar-refractivity contribution in [3.8, 4) is 11.1 Å².